The largest absolute Gasteiger partial charge is 0.345 e. The van der Waals surface area contributed by atoms with Crippen LogP contribution >= 0.6 is 0 Å². The Hall–Kier alpha value is -2.30. The van der Waals surface area contributed by atoms with Crippen LogP contribution in [0.3, 0.4) is 0 Å². The molecular formula is C18H22FN3O. The monoisotopic (exact) mass is 315 g/mol. The van der Waals surface area contributed by atoms with Gasteiger partial charge in [-0.3, -0.25) is 4.79 Å². The van der Waals surface area contributed by atoms with Gasteiger partial charge in [-0.25, -0.2) is 14.4 Å². The maximum absolute atomic E-state index is 13.0. The Morgan fingerprint density at radius 2 is 1.74 bits per heavy atom. The minimum Gasteiger partial charge on any atom is -0.345 e. The number of rotatable bonds is 4. The highest BCUT2D eigenvalue weighted by Gasteiger charge is 2.19. The van der Waals surface area contributed by atoms with Crippen molar-refractivity contribution in [1.82, 2.24) is 15.3 Å². The lowest BCUT2D eigenvalue weighted by Crippen LogP contribution is -2.28. The van der Waals surface area contributed by atoms with Gasteiger partial charge in [0.15, 0.2) is 0 Å². The molecule has 1 aromatic heterocycles. The van der Waals surface area contributed by atoms with Gasteiger partial charge in [0.1, 0.15) is 11.6 Å². The molecule has 0 radical (unpaired) electrons. The van der Waals surface area contributed by atoms with Crippen LogP contribution in [0.1, 0.15) is 61.9 Å². The van der Waals surface area contributed by atoms with E-state index in [1.165, 1.54) is 12.1 Å². The molecule has 2 aromatic rings. The Balaban J connectivity index is 2.12. The molecule has 2 rings (SSSR count). The molecule has 0 saturated heterocycles. The van der Waals surface area contributed by atoms with E-state index >= 15 is 0 Å². The molecule has 1 amide bonds. The zero-order chi connectivity index (χ0) is 17.0. The van der Waals surface area contributed by atoms with Crippen LogP contribution in [0, 0.1) is 5.82 Å². The topological polar surface area (TPSA) is 54.9 Å². The normalized spacial score (nSPS) is 12.7. The lowest BCUT2D eigenvalue weighted by Gasteiger charge is -2.18. The van der Waals surface area contributed by atoms with E-state index in [1.54, 1.807) is 24.5 Å². The van der Waals surface area contributed by atoms with Crippen molar-refractivity contribution >= 4 is 5.91 Å². The predicted molar refractivity (Wildman–Crippen MR) is 87.6 cm³/mol. The Kier molecular flexibility index (Phi) is 5.08. The first-order valence-corrected chi connectivity index (χ1v) is 7.70. The van der Waals surface area contributed by atoms with E-state index in [1.807, 2.05) is 27.7 Å². The van der Waals surface area contributed by atoms with Crippen molar-refractivity contribution in [2.75, 3.05) is 0 Å². The number of benzene rings is 1. The minimum atomic E-state index is -0.291. The second-order valence-corrected chi connectivity index (χ2v) is 6.53. The summed E-state index contributed by atoms with van der Waals surface area (Å²) in [5.74, 6) is 0.169. The Labute approximate surface area is 136 Å². The molecule has 0 aliphatic carbocycles. The van der Waals surface area contributed by atoms with Gasteiger partial charge in [-0.15, -0.1) is 0 Å². The van der Waals surface area contributed by atoms with E-state index in [0.717, 1.165) is 5.56 Å². The average molecular weight is 315 g/mol. The molecule has 0 spiro atoms. The smallest absolute Gasteiger partial charge is 0.254 e. The Morgan fingerprint density at radius 3 is 2.22 bits per heavy atom. The summed E-state index contributed by atoms with van der Waals surface area (Å²) in [5.41, 5.74) is 1.13. The van der Waals surface area contributed by atoms with Gasteiger partial charge in [0.25, 0.3) is 5.91 Å². The lowest BCUT2D eigenvalue weighted by atomic mass is 9.96. The molecule has 0 aliphatic rings. The first-order valence-electron chi connectivity index (χ1n) is 7.70. The van der Waals surface area contributed by atoms with Gasteiger partial charge in [0, 0.05) is 17.8 Å². The van der Waals surface area contributed by atoms with Crippen LogP contribution in [-0.4, -0.2) is 15.9 Å². The standard InChI is InChI=1S/C18H22FN3O/c1-5-15(12-6-8-14(19)9-7-12)22-16(23)13-10-20-17(21-11-13)18(2,3)4/h6-11,15H,5H2,1-4H3,(H,22,23). The van der Waals surface area contributed by atoms with Crippen molar-refractivity contribution in [3.05, 3.63) is 59.4 Å². The number of carbonyl (C=O) groups excluding carboxylic acids is 1. The molecule has 1 N–H and O–H groups in total. The van der Waals surface area contributed by atoms with Gasteiger partial charge in [0.05, 0.1) is 11.6 Å². The van der Waals surface area contributed by atoms with Gasteiger partial charge in [0.2, 0.25) is 0 Å². The van der Waals surface area contributed by atoms with Crippen LogP contribution in [0.2, 0.25) is 0 Å². The van der Waals surface area contributed by atoms with E-state index in [0.29, 0.717) is 17.8 Å². The van der Waals surface area contributed by atoms with Crippen LogP contribution in [-0.2, 0) is 5.41 Å². The van der Waals surface area contributed by atoms with E-state index in [4.69, 9.17) is 0 Å². The first kappa shape index (κ1) is 17.1. The van der Waals surface area contributed by atoms with Gasteiger partial charge in [-0.2, -0.15) is 0 Å². The van der Waals surface area contributed by atoms with Crippen molar-refractivity contribution in [2.24, 2.45) is 0 Å². The second-order valence-electron chi connectivity index (χ2n) is 6.53. The van der Waals surface area contributed by atoms with Crippen molar-refractivity contribution in [3.63, 3.8) is 0 Å². The zero-order valence-electron chi connectivity index (χ0n) is 13.9. The van der Waals surface area contributed by atoms with E-state index in [-0.39, 0.29) is 23.2 Å². The van der Waals surface area contributed by atoms with Crippen LogP contribution in [0.15, 0.2) is 36.7 Å². The third-order valence-corrected chi connectivity index (χ3v) is 3.57. The van der Waals surface area contributed by atoms with Gasteiger partial charge < -0.3 is 5.32 Å². The van der Waals surface area contributed by atoms with Crippen molar-refractivity contribution in [2.45, 2.75) is 45.6 Å². The molecule has 0 saturated carbocycles. The third kappa shape index (κ3) is 4.34. The first-order chi connectivity index (χ1) is 10.8. The third-order valence-electron chi connectivity index (χ3n) is 3.57. The number of amides is 1. The lowest BCUT2D eigenvalue weighted by molar-refractivity contribution is 0.0934. The summed E-state index contributed by atoms with van der Waals surface area (Å²) in [7, 11) is 0. The summed E-state index contributed by atoms with van der Waals surface area (Å²) >= 11 is 0. The summed E-state index contributed by atoms with van der Waals surface area (Å²) in [5, 5.41) is 2.94. The fraction of sp³-hybridized carbons (Fsp3) is 0.389. The number of carbonyl (C=O) groups is 1. The number of nitrogens with one attached hydrogen (secondary N) is 1. The molecule has 1 aromatic carbocycles. The maximum Gasteiger partial charge on any atom is 0.254 e. The van der Waals surface area contributed by atoms with Crippen molar-refractivity contribution in [1.29, 1.82) is 0 Å². The molecular weight excluding hydrogens is 293 g/mol. The SMILES string of the molecule is CCC(NC(=O)c1cnc(C(C)(C)C)nc1)c1ccc(F)cc1. The number of hydrogen-bond acceptors (Lipinski definition) is 3. The Morgan fingerprint density at radius 1 is 1.17 bits per heavy atom. The summed E-state index contributed by atoms with van der Waals surface area (Å²) < 4.78 is 13.0. The minimum absolute atomic E-state index is 0.158. The molecule has 0 fully saturated rings. The highest BCUT2D eigenvalue weighted by Crippen LogP contribution is 2.19. The van der Waals surface area contributed by atoms with Gasteiger partial charge in [-0.05, 0) is 24.1 Å². The van der Waals surface area contributed by atoms with Crippen molar-refractivity contribution in [3.8, 4) is 0 Å². The van der Waals surface area contributed by atoms with E-state index < -0.39 is 0 Å². The molecule has 0 bridgehead atoms. The van der Waals surface area contributed by atoms with Crippen molar-refractivity contribution < 1.29 is 9.18 Å². The fourth-order valence-corrected chi connectivity index (χ4v) is 2.19. The Bertz CT molecular complexity index is 660. The van der Waals surface area contributed by atoms with E-state index in [9.17, 15) is 9.18 Å². The summed E-state index contributed by atoms with van der Waals surface area (Å²) in [6.45, 7) is 8.02. The van der Waals surface area contributed by atoms with Crippen LogP contribution < -0.4 is 5.32 Å². The quantitative estimate of drug-likeness (QED) is 0.934. The average Bonchev–Trinajstić information content (AvgIpc) is 2.52. The van der Waals surface area contributed by atoms with E-state index in [2.05, 4.69) is 15.3 Å². The molecule has 0 aliphatic heterocycles. The molecule has 122 valence electrons. The van der Waals surface area contributed by atoms with Gasteiger partial charge in [-0.1, -0.05) is 39.8 Å². The molecule has 23 heavy (non-hydrogen) atoms. The predicted octanol–water partition coefficient (Wildman–Crippen LogP) is 3.79. The number of nitrogens with zero attached hydrogens (tertiary/aromatic N) is 2. The van der Waals surface area contributed by atoms with Crippen LogP contribution in [0.5, 0.6) is 0 Å². The molecule has 1 unspecified atom stereocenters. The summed E-state index contributed by atoms with van der Waals surface area (Å²) in [4.78, 5) is 20.9. The highest BCUT2D eigenvalue weighted by atomic mass is 19.1. The molecule has 1 heterocycles. The highest BCUT2D eigenvalue weighted by molar-refractivity contribution is 5.93. The van der Waals surface area contributed by atoms with Crippen LogP contribution in [0.4, 0.5) is 4.39 Å². The second kappa shape index (κ2) is 6.86. The van der Waals surface area contributed by atoms with Gasteiger partial charge >= 0.3 is 0 Å². The molecule has 5 heteroatoms. The summed E-state index contributed by atoms with van der Waals surface area (Å²) in [6, 6.07) is 5.98. The number of hydrogen-bond donors (Lipinski definition) is 1. The van der Waals surface area contributed by atoms with Crippen LogP contribution in [0.25, 0.3) is 0 Å². The summed E-state index contributed by atoms with van der Waals surface area (Å²) in [6.07, 6.45) is 3.79. The molecule has 4 nitrogen and oxygen atoms in total. The maximum atomic E-state index is 13.0. The number of aromatic nitrogens is 2. The number of halogens is 1. The molecule has 1 atom stereocenters. The fourth-order valence-electron chi connectivity index (χ4n) is 2.19. The zero-order valence-corrected chi connectivity index (χ0v) is 13.9.